The van der Waals surface area contributed by atoms with E-state index < -0.39 is 0 Å². The summed E-state index contributed by atoms with van der Waals surface area (Å²) in [7, 11) is 1.61. The Morgan fingerprint density at radius 1 is 1.57 bits per heavy atom. The molecule has 1 unspecified atom stereocenters. The van der Waals surface area contributed by atoms with Gasteiger partial charge >= 0.3 is 0 Å². The van der Waals surface area contributed by atoms with Gasteiger partial charge in [-0.25, -0.2) is 0 Å². The van der Waals surface area contributed by atoms with Gasteiger partial charge in [0.15, 0.2) is 0 Å². The predicted molar refractivity (Wildman–Crippen MR) is 87.8 cm³/mol. The first-order chi connectivity index (χ1) is 10.1. The lowest BCUT2D eigenvalue weighted by Gasteiger charge is -2.13. The number of anilines is 1. The van der Waals surface area contributed by atoms with Gasteiger partial charge in [0, 0.05) is 22.5 Å². The number of benzene rings is 1. The van der Waals surface area contributed by atoms with Crippen LogP contribution in [0.3, 0.4) is 0 Å². The summed E-state index contributed by atoms with van der Waals surface area (Å²) in [6, 6.07) is 5.56. The molecular formula is C16H18N2O2S. The van der Waals surface area contributed by atoms with Gasteiger partial charge in [-0.15, -0.1) is 23.7 Å². The molecule has 4 nitrogen and oxygen atoms in total. The van der Waals surface area contributed by atoms with E-state index in [1.54, 1.807) is 7.11 Å². The van der Waals surface area contributed by atoms with Crippen molar-refractivity contribution in [3.63, 3.8) is 0 Å². The molecule has 0 bridgehead atoms. The molecule has 1 aromatic carbocycles. The Morgan fingerprint density at radius 2 is 2.33 bits per heavy atom. The van der Waals surface area contributed by atoms with E-state index in [1.807, 2.05) is 25.1 Å². The number of rotatable bonds is 5. The first-order valence-corrected chi connectivity index (χ1v) is 7.52. The lowest BCUT2D eigenvalue weighted by atomic mass is 10.1. The van der Waals surface area contributed by atoms with E-state index in [9.17, 15) is 4.79 Å². The number of terminal acetylenes is 1. The third kappa shape index (κ3) is 3.11. The average molecular weight is 302 g/mol. The van der Waals surface area contributed by atoms with Gasteiger partial charge in [-0.3, -0.25) is 4.79 Å². The van der Waals surface area contributed by atoms with Crippen LogP contribution >= 0.6 is 11.3 Å². The number of ether oxygens (including phenoxy) is 1. The summed E-state index contributed by atoms with van der Waals surface area (Å²) in [5.41, 5.74) is 6.60. The number of carbonyl (C=O) groups excluding carboxylic acids is 1. The minimum atomic E-state index is -0.172. The van der Waals surface area contributed by atoms with Crippen LogP contribution < -0.4 is 15.8 Å². The number of methoxy groups -OCH3 is 1. The van der Waals surface area contributed by atoms with Crippen molar-refractivity contribution >= 4 is 33.0 Å². The number of nitrogens with two attached hydrogens (primary N) is 1. The van der Waals surface area contributed by atoms with Gasteiger partial charge in [-0.2, -0.15) is 0 Å². The minimum Gasteiger partial charge on any atom is -0.497 e. The molecule has 0 fully saturated rings. The highest BCUT2D eigenvalue weighted by Gasteiger charge is 2.18. The summed E-state index contributed by atoms with van der Waals surface area (Å²) in [4.78, 5) is 12.9. The minimum absolute atomic E-state index is 0.0263. The van der Waals surface area contributed by atoms with E-state index in [2.05, 4.69) is 11.2 Å². The van der Waals surface area contributed by atoms with Crippen LogP contribution in [0.2, 0.25) is 0 Å². The van der Waals surface area contributed by atoms with Crippen molar-refractivity contribution in [1.82, 2.24) is 5.32 Å². The molecule has 2 aromatic rings. The van der Waals surface area contributed by atoms with Gasteiger partial charge in [0.2, 0.25) is 0 Å². The molecule has 1 atom stereocenters. The molecular weight excluding hydrogens is 284 g/mol. The summed E-state index contributed by atoms with van der Waals surface area (Å²) in [6.45, 7) is 1.99. The molecule has 0 spiro atoms. The molecule has 110 valence electrons. The second kappa shape index (κ2) is 6.51. The van der Waals surface area contributed by atoms with E-state index in [0.29, 0.717) is 17.0 Å². The number of carbonyl (C=O) groups is 1. The number of nitrogen functional groups attached to an aromatic ring is 1. The van der Waals surface area contributed by atoms with Crippen LogP contribution in [-0.2, 0) is 0 Å². The van der Waals surface area contributed by atoms with Crippen LogP contribution in [0.5, 0.6) is 5.75 Å². The van der Waals surface area contributed by atoms with Gasteiger partial charge in [-0.05, 0) is 24.6 Å². The Bertz CT molecular complexity index is 700. The summed E-state index contributed by atoms with van der Waals surface area (Å²) in [5.74, 6) is 3.15. The zero-order chi connectivity index (χ0) is 15.4. The highest BCUT2D eigenvalue weighted by atomic mass is 32.1. The van der Waals surface area contributed by atoms with E-state index in [-0.39, 0.29) is 11.9 Å². The summed E-state index contributed by atoms with van der Waals surface area (Å²) in [5, 5.41) is 3.80. The van der Waals surface area contributed by atoms with Gasteiger partial charge in [0.05, 0.1) is 12.8 Å². The molecule has 2 rings (SSSR count). The molecule has 0 radical (unpaired) electrons. The lowest BCUT2D eigenvalue weighted by Crippen LogP contribution is -2.33. The van der Waals surface area contributed by atoms with Gasteiger partial charge in [0.1, 0.15) is 10.6 Å². The van der Waals surface area contributed by atoms with Crippen LogP contribution in [-0.4, -0.2) is 19.1 Å². The third-order valence-corrected chi connectivity index (χ3v) is 4.50. The predicted octanol–water partition coefficient (Wildman–Crippen LogP) is 3.02. The van der Waals surface area contributed by atoms with Crippen molar-refractivity contribution in [2.24, 2.45) is 0 Å². The van der Waals surface area contributed by atoms with Gasteiger partial charge in [-0.1, -0.05) is 6.92 Å². The number of hydrogen-bond donors (Lipinski definition) is 2. The Balaban J connectivity index is 2.31. The van der Waals surface area contributed by atoms with Crippen molar-refractivity contribution < 1.29 is 9.53 Å². The largest absolute Gasteiger partial charge is 0.497 e. The SMILES string of the molecule is C#CCC(CC)NC(=O)c1sc2cc(OC)ccc2c1N. The van der Waals surface area contributed by atoms with Crippen molar-refractivity contribution in [2.45, 2.75) is 25.8 Å². The van der Waals surface area contributed by atoms with E-state index in [0.717, 1.165) is 22.3 Å². The Hall–Kier alpha value is -2.19. The van der Waals surface area contributed by atoms with Crippen LogP contribution in [0.4, 0.5) is 5.69 Å². The molecule has 1 amide bonds. The number of nitrogens with one attached hydrogen (secondary N) is 1. The normalized spacial score (nSPS) is 11.9. The van der Waals surface area contributed by atoms with E-state index in [4.69, 9.17) is 16.9 Å². The molecule has 3 N–H and O–H groups in total. The fraction of sp³-hybridized carbons (Fsp3) is 0.312. The zero-order valence-electron chi connectivity index (χ0n) is 12.1. The second-order valence-electron chi connectivity index (χ2n) is 4.69. The quantitative estimate of drug-likeness (QED) is 0.834. The topological polar surface area (TPSA) is 64.3 Å². The maximum absolute atomic E-state index is 12.4. The number of thiophene rings is 1. The molecule has 5 heteroatoms. The van der Waals surface area contributed by atoms with Gasteiger partial charge < -0.3 is 15.8 Å². The van der Waals surface area contributed by atoms with Crippen molar-refractivity contribution in [3.05, 3.63) is 23.1 Å². The number of fused-ring (bicyclic) bond motifs is 1. The molecule has 0 aliphatic heterocycles. The average Bonchev–Trinajstić information content (AvgIpc) is 2.83. The molecule has 0 aliphatic rings. The standard InChI is InChI=1S/C16H18N2O2S/c1-4-6-10(5-2)18-16(19)15-14(17)12-8-7-11(20-3)9-13(12)21-15/h1,7-10H,5-6,17H2,2-3H3,(H,18,19). The number of amides is 1. The summed E-state index contributed by atoms with van der Waals surface area (Å²) < 4.78 is 6.12. The molecule has 1 aromatic heterocycles. The van der Waals surface area contributed by atoms with Crippen molar-refractivity contribution in [3.8, 4) is 18.1 Å². The van der Waals surface area contributed by atoms with E-state index >= 15 is 0 Å². The van der Waals surface area contributed by atoms with Crippen LogP contribution in [0.15, 0.2) is 18.2 Å². The highest BCUT2D eigenvalue weighted by Crippen LogP contribution is 2.35. The lowest BCUT2D eigenvalue weighted by molar-refractivity contribution is 0.0941. The molecule has 21 heavy (non-hydrogen) atoms. The summed E-state index contributed by atoms with van der Waals surface area (Å²) in [6.07, 6.45) is 6.61. The van der Waals surface area contributed by atoms with Crippen molar-refractivity contribution in [2.75, 3.05) is 12.8 Å². The summed E-state index contributed by atoms with van der Waals surface area (Å²) >= 11 is 1.36. The van der Waals surface area contributed by atoms with Crippen molar-refractivity contribution in [1.29, 1.82) is 0 Å². The Morgan fingerprint density at radius 3 is 2.95 bits per heavy atom. The van der Waals surface area contributed by atoms with Gasteiger partial charge in [0.25, 0.3) is 5.91 Å². The molecule has 1 heterocycles. The van der Waals surface area contributed by atoms with Crippen LogP contribution in [0, 0.1) is 12.3 Å². The first kappa shape index (κ1) is 15.2. The first-order valence-electron chi connectivity index (χ1n) is 6.71. The maximum Gasteiger partial charge on any atom is 0.263 e. The smallest absolute Gasteiger partial charge is 0.263 e. The molecule has 0 aliphatic carbocycles. The Kier molecular flexibility index (Phi) is 4.71. The second-order valence-corrected chi connectivity index (χ2v) is 5.75. The van der Waals surface area contributed by atoms with Crippen LogP contribution in [0.1, 0.15) is 29.4 Å². The number of hydrogen-bond acceptors (Lipinski definition) is 4. The zero-order valence-corrected chi connectivity index (χ0v) is 12.9. The third-order valence-electron chi connectivity index (χ3n) is 3.33. The van der Waals surface area contributed by atoms with Crippen LogP contribution in [0.25, 0.3) is 10.1 Å². The van der Waals surface area contributed by atoms with E-state index in [1.165, 1.54) is 11.3 Å². The Labute approximate surface area is 128 Å². The fourth-order valence-electron chi connectivity index (χ4n) is 2.08. The highest BCUT2D eigenvalue weighted by molar-refractivity contribution is 7.21. The maximum atomic E-state index is 12.4. The molecule has 0 saturated carbocycles. The molecule has 0 saturated heterocycles. The monoisotopic (exact) mass is 302 g/mol. The fourth-order valence-corrected chi connectivity index (χ4v) is 3.14.